The minimum absolute atomic E-state index is 0.0588. The van der Waals surface area contributed by atoms with Crippen LogP contribution in [0.2, 0.25) is 0 Å². The summed E-state index contributed by atoms with van der Waals surface area (Å²) in [6, 6.07) is 7.84. The van der Waals surface area contributed by atoms with Gasteiger partial charge in [-0.05, 0) is 25.5 Å². The number of para-hydroxylation sites is 2. The van der Waals surface area contributed by atoms with Gasteiger partial charge in [0.25, 0.3) is 0 Å². The van der Waals surface area contributed by atoms with Crippen LogP contribution in [0.15, 0.2) is 30.6 Å². The molecule has 2 rings (SSSR count). The number of amides is 1. The monoisotopic (exact) mass is 275 g/mol. The van der Waals surface area contributed by atoms with Crippen LogP contribution in [-0.2, 0) is 11.3 Å². The number of carbonyl (C=O) groups is 1. The minimum Gasteiger partial charge on any atom is -0.388 e. The molecule has 20 heavy (non-hydrogen) atoms. The lowest BCUT2D eigenvalue weighted by molar-refractivity contribution is -0.122. The number of benzene rings is 1. The van der Waals surface area contributed by atoms with E-state index in [4.69, 9.17) is 0 Å². The number of aliphatic hydroxyl groups is 1. The van der Waals surface area contributed by atoms with Gasteiger partial charge >= 0.3 is 0 Å². The molecule has 0 spiro atoms. The number of fused-ring (bicyclic) bond motifs is 1. The van der Waals surface area contributed by atoms with Crippen molar-refractivity contribution < 1.29 is 9.90 Å². The molecule has 5 heteroatoms. The summed E-state index contributed by atoms with van der Waals surface area (Å²) in [5.41, 5.74) is 1.12. The smallest absolute Gasteiger partial charge is 0.221 e. The summed E-state index contributed by atoms with van der Waals surface area (Å²) in [6.07, 6.45) is 2.74. The molecule has 0 bridgehead atoms. The van der Waals surface area contributed by atoms with Crippen molar-refractivity contribution in [1.82, 2.24) is 14.9 Å². The molecule has 0 radical (unpaired) electrons. The molecular formula is C15H21N3O2. The van der Waals surface area contributed by atoms with E-state index >= 15 is 0 Å². The van der Waals surface area contributed by atoms with Gasteiger partial charge in [-0.3, -0.25) is 4.79 Å². The van der Waals surface area contributed by atoms with E-state index in [0.717, 1.165) is 11.0 Å². The predicted octanol–water partition coefficient (Wildman–Crippen LogP) is 1.70. The van der Waals surface area contributed by atoms with Crippen LogP contribution in [-0.4, -0.2) is 32.7 Å². The van der Waals surface area contributed by atoms with E-state index in [1.54, 1.807) is 13.3 Å². The number of imidazole rings is 1. The standard InChI is InChI=1S/C15H21N3O2/c1-3-15(2,20)10-16-14(19)8-9-18-11-17-12-6-4-5-7-13(12)18/h4-7,11,20H,3,8-10H2,1-2H3,(H,16,19). The zero-order valence-electron chi connectivity index (χ0n) is 12.0. The van der Waals surface area contributed by atoms with Gasteiger partial charge in [-0.15, -0.1) is 0 Å². The summed E-state index contributed by atoms with van der Waals surface area (Å²) in [6.45, 7) is 4.48. The SMILES string of the molecule is CCC(C)(O)CNC(=O)CCn1cnc2ccccc21. The first kappa shape index (κ1) is 14.5. The number of nitrogens with one attached hydrogen (secondary N) is 1. The molecule has 0 saturated heterocycles. The van der Waals surface area contributed by atoms with Crippen molar-refractivity contribution in [2.75, 3.05) is 6.54 Å². The van der Waals surface area contributed by atoms with Crippen LogP contribution in [0, 0.1) is 0 Å². The molecule has 1 heterocycles. The maximum absolute atomic E-state index is 11.8. The van der Waals surface area contributed by atoms with E-state index in [2.05, 4.69) is 10.3 Å². The second kappa shape index (κ2) is 6.05. The molecule has 2 N–H and O–H groups in total. The molecule has 1 aromatic carbocycles. The second-order valence-corrected chi connectivity index (χ2v) is 5.30. The van der Waals surface area contributed by atoms with Crippen LogP contribution >= 0.6 is 0 Å². The largest absolute Gasteiger partial charge is 0.388 e. The Morgan fingerprint density at radius 2 is 2.20 bits per heavy atom. The lowest BCUT2D eigenvalue weighted by atomic mass is 10.0. The topological polar surface area (TPSA) is 67.2 Å². The Balaban J connectivity index is 1.87. The third-order valence-corrected chi connectivity index (χ3v) is 3.54. The average Bonchev–Trinajstić information content (AvgIpc) is 2.86. The summed E-state index contributed by atoms with van der Waals surface area (Å²) in [7, 11) is 0. The number of aryl methyl sites for hydroxylation is 1. The normalized spacial score (nSPS) is 14.2. The molecule has 1 aromatic heterocycles. The highest BCUT2D eigenvalue weighted by Gasteiger charge is 2.18. The third kappa shape index (κ3) is 3.57. The van der Waals surface area contributed by atoms with Gasteiger partial charge in [-0.25, -0.2) is 4.98 Å². The molecule has 0 aliphatic carbocycles. The highest BCUT2D eigenvalue weighted by molar-refractivity contribution is 5.77. The van der Waals surface area contributed by atoms with Crippen molar-refractivity contribution in [1.29, 1.82) is 0 Å². The zero-order chi connectivity index (χ0) is 14.6. The number of rotatable bonds is 6. The van der Waals surface area contributed by atoms with Crippen molar-refractivity contribution in [3.8, 4) is 0 Å². The maximum atomic E-state index is 11.8. The predicted molar refractivity (Wildman–Crippen MR) is 78.3 cm³/mol. The van der Waals surface area contributed by atoms with Crippen LogP contribution in [0.5, 0.6) is 0 Å². The first-order chi connectivity index (χ1) is 9.52. The van der Waals surface area contributed by atoms with Crippen LogP contribution < -0.4 is 5.32 Å². The van der Waals surface area contributed by atoms with Gasteiger partial charge in [-0.2, -0.15) is 0 Å². The molecule has 108 valence electrons. The van der Waals surface area contributed by atoms with Crippen molar-refractivity contribution in [2.45, 2.75) is 38.8 Å². The van der Waals surface area contributed by atoms with Crippen molar-refractivity contribution in [2.24, 2.45) is 0 Å². The van der Waals surface area contributed by atoms with Gasteiger partial charge in [0, 0.05) is 19.5 Å². The first-order valence-corrected chi connectivity index (χ1v) is 6.91. The molecule has 1 atom stereocenters. The van der Waals surface area contributed by atoms with Crippen LogP contribution in [0.3, 0.4) is 0 Å². The summed E-state index contributed by atoms with van der Waals surface area (Å²) in [5, 5.41) is 12.6. The molecule has 1 unspecified atom stereocenters. The first-order valence-electron chi connectivity index (χ1n) is 6.91. The number of nitrogens with zero attached hydrogens (tertiary/aromatic N) is 2. The van der Waals surface area contributed by atoms with Gasteiger partial charge in [0.2, 0.25) is 5.91 Å². The molecule has 0 aliphatic rings. The molecule has 0 aliphatic heterocycles. The number of carbonyl (C=O) groups excluding carboxylic acids is 1. The molecule has 1 amide bonds. The Morgan fingerprint density at radius 3 is 2.95 bits per heavy atom. The fourth-order valence-electron chi connectivity index (χ4n) is 1.91. The Kier molecular flexibility index (Phi) is 4.39. The molecule has 5 nitrogen and oxygen atoms in total. The van der Waals surface area contributed by atoms with Crippen LogP contribution in [0.1, 0.15) is 26.7 Å². The van der Waals surface area contributed by atoms with Crippen molar-refractivity contribution in [3.63, 3.8) is 0 Å². The summed E-state index contributed by atoms with van der Waals surface area (Å²) < 4.78 is 1.97. The fourth-order valence-corrected chi connectivity index (χ4v) is 1.91. The number of hydrogen-bond donors (Lipinski definition) is 2. The van der Waals surface area contributed by atoms with Crippen LogP contribution in [0.25, 0.3) is 11.0 Å². The Bertz CT molecular complexity index is 590. The minimum atomic E-state index is -0.836. The molecule has 2 aromatic rings. The highest BCUT2D eigenvalue weighted by atomic mass is 16.3. The zero-order valence-corrected chi connectivity index (χ0v) is 12.0. The Hall–Kier alpha value is -1.88. The maximum Gasteiger partial charge on any atom is 0.221 e. The molecule has 0 saturated carbocycles. The summed E-state index contributed by atoms with van der Waals surface area (Å²) >= 11 is 0. The highest BCUT2D eigenvalue weighted by Crippen LogP contribution is 2.12. The van der Waals surface area contributed by atoms with E-state index in [0.29, 0.717) is 19.4 Å². The second-order valence-electron chi connectivity index (χ2n) is 5.30. The van der Waals surface area contributed by atoms with Gasteiger partial charge in [0.1, 0.15) is 0 Å². The quantitative estimate of drug-likeness (QED) is 0.843. The lowest BCUT2D eigenvalue weighted by Crippen LogP contribution is -2.40. The van der Waals surface area contributed by atoms with Crippen LogP contribution in [0.4, 0.5) is 0 Å². The number of aromatic nitrogens is 2. The number of hydrogen-bond acceptors (Lipinski definition) is 3. The Labute approximate surface area is 118 Å². The summed E-state index contributed by atoms with van der Waals surface area (Å²) in [5.74, 6) is -0.0588. The van der Waals surface area contributed by atoms with Gasteiger partial charge in [0.05, 0.1) is 23.0 Å². The van der Waals surface area contributed by atoms with Gasteiger partial charge in [-0.1, -0.05) is 19.1 Å². The molecular weight excluding hydrogens is 254 g/mol. The summed E-state index contributed by atoms with van der Waals surface area (Å²) in [4.78, 5) is 16.1. The van der Waals surface area contributed by atoms with E-state index in [9.17, 15) is 9.90 Å². The van der Waals surface area contributed by atoms with Gasteiger partial charge in [0.15, 0.2) is 0 Å². The van der Waals surface area contributed by atoms with E-state index in [1.807, 2.05) is 35.8 Å². The van der Waals surface area contributed by atoms with E-state index < -0.39 is 5.60 Å². The van der Waals surface area contributed by atoms with Crippen molar-refractivity contribution >= 4 is 16.9 Å². The van der Waals surface area contributed by atoms with Gasteiger partial charge < -0.3 is 15.0 Å². The third-order valence-electron chi connectivity index (χ3n) is 3.54. The lowest BCUT2D eigenvalue weighted by Gasteiger charge is -2.21. The molecule has 0 fully saturated rings. The van der Waals surface area contributed by atoms with E-state index in [1.165, 1.54) is 0 Å². The van der Waals surface area contributed by atoms with E-state index in [-0.39, 0.29) is 12.5 Å². The fraction of sp³-hybridized carbons (Fsp3) is 0.467. The Morgan fingerprint density at radius 1 is 1.45 bits per heavy atom. The van der Waals surface area contributed by atoms with Crippen molar-refractivity contribution in [3.05, 3.63) is 30.6 Å². The average molecular weight is 275 g/mol.